The first kappa shape index (κ1) is 23.4. The summed E-state index contributed by atoms with van der Waals surface area (Å²) < 4.78 is 14.5. The second kappa shape index (κ2) is 9.47. The van der Waals surface area contributed by atoms with Crippen LogP contribution in [0.1, 0.15) is 20.3 Å². The standard InChI is InChI=1S/C28H23FN8O/c1-15(2)11-23(38)32-17-12-16(13-30-14-17)21-7-8-22-25(33-21)26(37-36-22)28-34-24-19(9-10-31-27(24)35-28)18-5-3-4-6-20(18)29/h3-10,12-15H,11H2,1-2H3,(H,32,38)(H,36,37)(H,31,34,35). The van der Waals surface area contributed by atoms with E-state index in [2.05, 4.69) is 35.5 Å². The van der Waals surface area contributed by atoms with E-state index in [0.717, 1.165) is 11.1 Å². The van der Waals surface area contributed by atoms with Crippen molar-refractivity contribution in [3.05, 3.63) is 72.9 Å². The number of anilines is 1. The van der Waals surface area contributed by atoms with Crippen LogP contribution in [-0.4, -0.2) is 41.0 Å². The Morgan fingerprint density at radius 3 is 2.76 bits per heavy atom. The highest BCUT2D eigenvalue weighted by molar-refractivity contribution is 5.95. The van der Waals surface area contributed by atoms with Crippen molar-refractivity contribution in [3.63, 3.8) is 0 Å². The van der Waals surface area contributed by atoms with Gasteiger partial charge in [0.25, 0.3) is 0 Å². The van der Waals surface area contributed by atoms with Crippen LogP contribution in [0.15, 0.2) is 67.1 Å². The summed E-state index contributed by atoms with van der Waals surface area (Å²) in [5, 5.41) is 10.3. The minimum Gasteiger partial charge on any atom is -0.335 e. The maximum absolute atomic E-state index is 14.5. The summed E-state index contributed by atoms with van der Waals surface area (Å²) in [6, 6.07) is 13.9. The monoisotopic (exact) mass is 506 g/mol. The Balaban J connectivity index is 1.39. The molecule has 1 aromatic carbocycles. The number of benzene rings is 1. The lowest BCUT2D eigenvalue weighted by atomic mass is 10.1. The zero-order valence-corrected chi connectivity index (χ0v) is 20.7. The van der Waals surface area contributed by atoms with E-state index in [-0.39, 0.29) is 17.6 Å². The molecule has 9 nitrogen and oxygen atoms in total. The average Bonchev–Trinajstić information content (AvgIpc) is 3.52. The van der Waals surface area contributed by atoms with E-state index < -0.39 is 0 Å². The maximum Gasteiger partial charge on any atom is 0.224 e. The Morgan fingerprint density at radius 1 is 1.05 bits per heavy atom. The van der Waals surface area contributed by atoms with E-state index in [4.69, 9.17) is 4.98 Å². The van der Waals surface area contributed by atoms with Crippen LogP contribution in [0.2, 0.25) is 0 Å². The number of aromatic amines is 2. The van der Waals surface area contributed by atoms with Gasteiger partial charge in [0, 0.05) is 35.5 Å². The molecule has 6 aromatic rings. The Hall–Kier alpha value is -4.99. The van der Waals surface area contributed by atoms with E-state index in [1.54, 1.807) is 42.9 Å². The number of carbonyl (C=O) groups is 1. The quantitative estimate of drug-likeness (QED) is 0.264. The van der Waals surface area contributed by atoms with Crippen LogP contribution < -0.4 is 5.32 Å². The van der Waals surface area contributed by atoms with Crippen molar-refractivity contribution in [1.29, 1.82) is 0 Å². The van der Waals surface area contributed by atoms with Crippen molar-refractivity contribution in [2.45, 2.75) is 20.3 Å². The number of fused-ring (bicyclic) bond motifs is 2. The molecule has 0 saturated carbocycles. The van der Waals surface area contributed by atoms with E-state index in [0.29, 0.717) is 57.1 Å². The van der Waals surface area contributed by atoms with E-state index >= 15 is 0 Å². The van der Waals surface area contributed by atoms with Crippen LogP contribution >= 0.6 is 0 Å². The summed E-state index contributed by atoms with van der Waals surface area (Å²) in [5.74, 6) is 0.322. The number of rotatable bonds is 6. The maximum atomic E-state index is 14.5. The fourth-order valence-electron chi connectivity index (χ4n) is 4.38. The van der Waals surface area contributed by atoms with Crippen LogP contribution in [-0.2, 0) is 4.79 Å². The summed E-state index contributed by atoms with van der Waals surface area (Å²) in [5.41, 5.74) is 6.00. The topological polar surface area (TPSA) is 125 Å². The number of pyridine rings is 3. The lowest BCUT2D eigenvalue weighted by Crippen LogP contribution is -2.14. The number of hydrogen-bond donors (Lipinski definition) is 3. The molecule has 10 heteroatoms. The highest BCUT2D eigenvalue weighted by Gasteiger charge is 2.18. The number of nitrogens with one attached hydrogen (secondary N) is 3. The summed E-state index contributed by atoms with van der Waals surface area (Å²) in [6.45, 7) is 3.99. The summed E-state index contributed by atoms with van der Waals surface area (Å²) in [4.78, 5) is 33.6. The number of carbonyl (C=O) groups excluding carboxylic acids is 1. The van der Waals surface area contributed by atoms with Gasteiger partial charge in [-0.05, 0) is 36.2 Å². The molecule has 0 aliphatic carbocycles. The lowest BCUT2D eigenvalue weighted by Gasteiger charge is -2.08. The van der Waals surface area contributed by atoms with Crippen molar-refractivity contribution in [2.75, 3.05) is 5.32 Å². The molecule has 5 aromatic heterocycles. The minimum atomic E-state index is -0.330. The Kier molecular flexibility index (Phi) is 5.83. The zero-order valence-electron chi connectivity index (χ0n) is 20.7. The molecular formula is C28H23FN8O. The smallest absolute Gasteiger partial charge is 0.224 e. The molecule has 0 aliphatic rings. The van der Waals surface area contributed by atoms with Crippen LogP contribution in [0.5, 0.6) is 0 Å². The van der Waals surface area contributed by atoms with Crippen LogP contribution in [0.25, 0.3) is 56.1 Å². The summed E-state index contributed by atoms with van der Waals surface area (Å²) >= 11 is 0. The molecule has 3 N–H and O–H groups in total. The molecule has 0 bridgehead atoms. The number of nitrogens with zero attached hydrogens (tertiary/aromatic N) is 5. The van der Waals surface area contributed by atoms with Gasteiger partial charge in [-0.2, -0.15) is 5.10 Å². The third-order valence-electron chi connectivity index (χ3n) is 6.10. The van der Waals surface area contributed by atoms with Gasteiger partial charge in [0.05, 0.1) is 28.6 Å². The van der Waals surface area contributed by atoms with Crippen molar-refractivity contribution >= 4 is 33.8 Å². The van der Waals surface area contributed by atoms with Crippen LogP contribution in [0, 0.1) is 11.7 Å². The number of H-pyrrole nitrogens is 2. The highest BCUT2D eigenvalue weighted by Crippen LogP contribution is 2.32. The van der Waals surface area contributed by atoms with Gasteiger partial charge in [0.15, 0.2) is 17.2 Å². The predicted molar refractivity (Wildman–Crippen MR) is 143 cm³/mol. The molecule has 0 atom stereocenters. The van der Waals surface area contributed by atoms with Gasteiger partial charge in [-0.3, -0.25) is 14.9 Å². The van der Waals surface area contributed by atoms with Gasteiger partial charge in [-0.25, -0.2) is 19.3 Å². The Labute approximate surface area is 216 Å². The average molecular weight is 507 g/mol. The zero-order chi connectivity index (χ0) is 26.2. The van der Waals surface area contributed by atoms with Gasteiger partial charge in [-0.1, -0.05) is 32.0 Å². The fraction of sp³-hybridized carbons (Fsp3) is 0.143. The van der Waals surface area contributed by atoms with E-state index in [1.807, 2.05) is 32.0 Å². The Bertz CT molecular complexity index is 1810. The number of aromatic nitrogens is 7. The van der Waals surface area contributed by atoms with Gasteiger partial charge in [0.1, 0.15) is 11.3 Å². The molecule has 0 radical (unpaired) electrons. The van der Waals surface area contributed by atoms with Crippen molar-refractivity contribution in [2.24, 2.45) is 5.92 Å². The molecule has 0 unspecified atom stereocenters. The van der Waals surface area contributed by atoms with Crippen molar-refractivity contribution < 1.29 is 9.18 Å². The summed E-state index contributed by atoms with van der Waals surface area (Å²) in [6.07, 6.45) is 5.33. The molecule has 188 valence electrons. The lowest BCUT2D eigenvalue weighted by molar-refractivity contribution is -0.116. The number of imidazole rings is 1. The van der Waals surface area contributed by atoms with Gasteiger partial charge in [0.2, 0.25) is 5.91 Å². The van der Waals surface area contributed by atoms with E-state index in [1.165, 1.54) is 6.07 Å². The molecule has 0 fully saturated rings. The second-order valence-corrected chi connectivity index (χ2v) is 9.40. The highest BCUT2D eigenvalue weighted by atomic mass is 19.1. The molecule has 0 aliphatic heterocycles. The first-order valence-corrected chi connectivity index (χ1v) is 12.2. The third-order valence-corrected chi connectivity index (χ3v) is 6.10. The Morgan fingerprint density at radius 2 is 1.92 bits per heavy atom. The van der Waals surface area contributed by atoms with Crippen molar-refractivity contribution in [1.82, 2.24) is 35.1 Å². The number of amides is 1. The molecule has 0 saturated heterocycles. The first-order valence-electron chi connectivity index (χ1n) is 12.2. The minimum absolute atomic E-state index is 0.0623. The second-order valence-electron chi connectivity index (χ2n) is 9.40. The third kappa shape index (κ3) is 4.36. The molecule has 6 rings (SSSR count). The predicted octanol–water partition coefficient (Wildman–Crippen LogP) is 5.75. The molecule has 0 spiro atoms. The fourth-order valence-corrected chi connectivity index (χ4v) is 4.38. The molecule has 5 heterocycles. The molecular weight excluding hydrogens is 483 g/mol. The van der Waals surface area contributed by atoms with Gasteiger partial charge >= 0.3 is 0 Å². The SMILES string of the molecule is CC(C)CC(=O)Nc1cncc(-c2ccc3[nH]nc(-c4nc5nccc(-c6ccccc6F)c5[nH]4)c3n2)c1. The van der Waals surface area contributed by atoms with Crippen molar-refractivity contribution in [3.8, 4) is 33.9 Å². The van der Waals surface area contributed by atoms with E-state index in [9.17, 15) is 9.18 Å². The molecule has 38 heavy (non-hydrogen) atoms. The molecule has 1 amide bonds. The normalized spacial score (nSPS) is 11.5. The first-order chi connectivity index (χ1) is 18.5. The largest absolute Gasteiger partial charge is 0.335 e. The van der Waals surface area contributed by atoms with Crippen LogP contribution in [0.4, 0.5) is 10.1 Å². The number of hydrogen-bond acceptors (Lipinski definition) is 6. The van der Waals surface area contributed by atoms with Gasteiger partial charge < -0.3 is 10.3 Å². The van der Waals surface area contributed by atoms with Crippen LogP contribution in [0.3, 0.4) is 0 Å². The van der Waals surface area contributed by atoms with Gasteiger partial charge in [-0.15, -0.1) is 0 Å². The summed E-state index contributed by atoms with van der Waals surface area (Å²) in [7, 11) is 0. The number of halogens is 1.